The van der Waals surface area contributed by atoms with Crippen LogP contribution in [0.5, 0.6) is 0 Å². The van der Waals surface area contributed by atoms with Crippen molar-refractivity contribution in [1.82, 2.24) is 0 Å². The number of carbonyl (C=O) groups is 2. The second-order valence-corrected chi connectivity index (χ2v) is 6.42. The third-order valence-electron chi connectivity index (χ3n) is 1.11. The van der Waals surface area contributed by atoms with Crippen LogP contribution in [0.1, 0.15) is 19.3 Å². The van der Waals surface area contributed by atoms with Gasteiger partial charge in [-0.1, -0.05) is 31.9 Å². The molecule has 0 rings (SSSR count). The largest absolute Gasteiger partial charge is 0.481 e. The molecule has 0 aromatic rings. The van der Waals surface area contributed by atoms with E-state index in [9.17, 15) is 9.59 Å². The summed E-state index contributed by atoms with van der Waals surface area (Å²) < 4.78 is -0.801. The maximum atomic E-state index is 10.3. The molecule has 0 bridgehead atoms. The molecule has 0 radical (unpaired) electrons. The average molecular weight is 304 g/mol. The highest BCUT2D eigenvalue weighted by atomic mass is 79.9. The summed E-state index contributed by atoms with van der Waals surface area (Å²) in [5.41, 5.74) is 0. The summed E-state index contributed by atoms with van der Waals surface area (Å²) >= 11 is 6.17. The second kappa shape index (κ2) is 4.81. The van der Waals surface area contributed by atoms with E-state index in [1.165, 1.54) is 0 Å². The SMILES string of the molecule is O=C(O)CCC(Br)(Br)CC(=O)O. The Hall–Kier alpha value is -0.100. The van der Waals surface area contributed by atoms with Crippen LogP contribution in [-0.2, 0) is 9.59 Å². The minimum Gasteiger partial charge on any atom is -0.481 e. The van der Waals surface area contributed by atoms with Gasteiger partial charge in [0.1, 0.15) is 0 Å². The van der Waals surface area contributed by atoms with Crippen molar-refractivity contribution in [3.05, 3.63) is 0 Å². The summed E-state index contributed by atoms with van der Waals surface area (Å²) in [6.45, 7) is 0. The normalized spacial score (nSPS) is 11.2. The lowest BCUT2D eigenvalue weighted by Crippen LogP contribution is -2.18. The molecule has 0 unspecified atom stereocenters. The number of rotatable bonds is 5. The number of aliphatic carboxylic acids is 2. The first-order chi connectivity index (χ1) is 5.33. The number of carboxylic acid groups (broad SMARTS) is 2. The third-order valence-corrected chi connectivity index (χ3v) is 2.47. The molecule has 0 aliphatic carbocycles. The van der Waals surface area contributed by atoms with E-state index in [0.29, 0.717) is 0 Å². The van der Waals surface area contributed by atoms with Gasteiger partial charge >= 0.3 is 11.9 Å². The molecule has 0 atom stereocenters. The van der Waals surface area contributed by atoms with Crippen LogP contribution >= 0.6 is 31.9 Å². The quantitative estimate of drug-likeness (QED) is 0.760. The summed E-state index contributed by atoms with van der Waals surface area (Å²) in [6.07, 6.45) is 0.0126. The van der Waals surface area contributed by atoms with Gasteiger partial charge in [0.05, 0.1) is 9.65 Å². The van der Waals surface area contributed by atoms with Crippen molar-refractivity contribution in [3.63, 3.8) is 0 Å². The van der Waals surface area contributed by atoms with Crippen LogP contribution in [0.25, 0.3) is 0 Å². The molecule has 0 aromatic heterocycles. The molecule has 70 valence electrons. The predicted octanol–water partition coefficient (Wildman–Crippen LogP) is 1.81. The first kappa shape index (κ1) is 11.9. The topological polar surface area (TPSA) is 74.6 Å². The molecule has 12 heavy (non-hydrogen) atoms. The van der Waals surface area contributed by atoms with Crippen LogP contribution in [-0.4, -0.2) is 25.4 Å². The minimum absolute atomic E-state index is 0.0657. The molecule has 0 saturated heterocycles. The summed E-state index contributed by atoms with van der Waals surface area (Å²) in [7, 11) is 0. The van der Waals surface area contributed by atoms with Gasteiger partial charge in [-0.05, 0) is 6.42 Å². The van der Waals surface area contributed by atoms with Gasteiger partial charge in [-0.2, -0.15) is 0 Å². The molecule has 2 N–H and O–H groups in total. The van der Waals surface area contributed by atoms with Crippen LogP contribution in [0.15, 0.2) is 0 Å². The molecule has 0 saturated carbocycles. The number of alkyl halides is 2. The van der Waals surface area contributed by atoms with Crippen LogP contribution < -0.4 is 0 Å². The zero-order valence-electron chi connectivity index (χ0n) is 6.09. The van der Waals surface area contributed by atoms with E-state index < -0.39 is 15.2 Å². The first-order valence-electron chi connectivity index (χ1n) is 3.15. The molecular formula is C6H8Br2O4. The Bertz CT molecular complexity index is 190. The maximum absolute atomic E-state index is 10.3. The van der Waals surface area contributed by atoms with Crippen molar-refractivity contribution >= 4 is 43.8 Å². The van der Waals surface area contributed by atoms with Crippen molar-refractivity contribution in [1.29, 1.82) is 0 Å². The number of hydrogen-bond donors (Lipinski definition) is 2. The molecule has 6 heteroatoms. The van der Waals surface area contributed by atoms with Crippen LogP contribution in [0.4, 0.5) is 0 Å². The van der Waals surface area contributed by atoms with Gasteiger partial charge in [0.2, 0.25) is 0 Å². The highest BCUT2D eigenvalue weighted by Crippen LogP contribution is 2.34. The van der Waals surface area contributed by atoms with E-state index in [-0.39, 0.29) is 19.3 Å². The van der Waals surface area contributed by atoms with Crippen molar-refractivity contribution in [2.24, 2.45) is 0 Å². The van der Waals surface area contributed by atoms with E-state index in [0.717, 1.165) is 0 Å². The lowest BCUT2D eigenvalue weighted by atomic mass is 10.2. The minimum atomic E-state index is -0.978. The summed E-state index contributed by atoms with van der Waals surface area (Å²) in [6, 6.07) is 0. The first-order valence-corrected chi connectivity index (χ1v) is 4.73. The van der Waals surface area contributed by atoms with Crippen molar-refractivity contribution in [2.75, 3.05) is 0 Å². The molecule has 0 spiro atoms. The Kier molecular flexibility index (Phi) is 4.77. The van der Waals surface area contributed by atoms with Crippen LogP contribution in [0, 0.1) is 0 Å². The summed E-state index contributed by atoms with van der Waals surface area (Å²) in [5.74, 6) is -1.92. The fourth-order valence-corrected chi connectivity index (χ4v) is 1.48. The highest BCUT2D eigenvalue weighted by molar-refractivity contribution is 9.25. The lowest BCUT2D eigenvalue weighted by Gasteiger charge is -2.15. The molecule has 0 amide bonds. The van der Waals surface area contributed by atoms with Gasteiger partial charge in [-0.25, -0.2) is 0 Å². The van der Waals surface area contributed by atoms with E-state index in [4.69, 9.17) is 10.2 Å². The zero-order valence-corrected chi connectivity index (χ0v) is 9.26. The van der Waals surface area contributed by atoms with Gasteiger partial charge in [0.15, 0.2) is 0 Å². The van der Waals surface area contributed by atoms with Crippen LogP contribution in [0.2, 0.25) is 0 Å². The highest BCUT2D eigenvalue weighted by Gasteiger charge is 2.26. The second-order valence-electron chi connectivity index (χ2n) is 2.32. The van der Waals surface area contributed by atoms with E-state index in [2.05, 4.69) is 31.9 Å². The van der Waals surface area contributed by atoms with Gasteiger partial charge in [0, 0.05) is 6.42 Å². The van der Waals surface area contributed by atoms with E-state index >= 15 is 0 Å². The van der Waals surface area contributed by atoms with Gasteiger partial charge < -0.3 is 10.2 Å². The molecule has 0 aliphatic heterocycles. The van der Waals surface area contributed by atoms with Crippen LogP contribution in [0.3, 0.4) is 0 Å². The molecule has 0 aromatic carbocycles. The molecular weight excluding hydrogens is 296 g/mol. The average Bonchev–Trinajstić information content (AvgIpc) is 1.81. The number of halogens is 2. The Morgan fingerprint density at radius 1 is 1.17 bits per heavy atom. The summed E-state index contributed by atoms with van der Waals surface area (Å²) in [4.78, 5) is 20.4. The molecule has 0 heterocycles. The predicted molar refractivity (Wildman–Crippen MR) is 49.7 cm³/mol. The number of hydrogen-bond acceptors (Lipinski definition) is 2. The van der Waals surface area contributed by atoms with Crippen molar-refractivity contribution < 1.29 is 19.8 Å². The van der Waals surface area contributed by atoms with Gasteiger partial charge in [0.25, 0.3) is 0 Å². The van der Waals surface area contributed by atoms with E-state index in [1.54, 1.807) is 0 Å². The van der Waals surface area contributed by atoms with E-state index in [1.807, 2.05) is 0 Å². The standard InChI is InChI=1S/C6H8Br2O4/c7-6(8,3-5(11)12)2-1-4(9)10/h1-3H2,(H,9,10)(H,11,12). The van der Waals surface area contributed by atoms with Gasteiger partial charge in [-0.15, -0.1) is 0 Å². The van der Waals surface area contributed by atoms with Crippen molar-refractivity contribution in [3.8, 4) is 0 Å². The Morgan fingerprint density at radius 3 is 2.00 bits per heavy atom. The summed E-state index contributed by atoms with van der Waals surface area (Å²) in [5, 5.41) is 16.7. The Balaban J connectivity index is 3.86. The maximum Gasteiger partial charge on any atom is 0.305 e. The monoisotopic (exact) mass is 302 g/mol. The molecule has 4 nitrogen and oxygen atoms in total. The smallest absolute Gasteiger partial charge is 0.305 e. The number of carboxylic acids is 2. The zero-order chi connectivity index (χ0) is 9.78. The Morgan fingerprint density at radius 2 is 1.67 bits per heavy atom. The fourth-order valence-electron chi connectivity index (χ4n) is 0.599. The van der Waals surface area contributed by atoms with Gasteiger partial charge in [-0.3, -0.25) is 9.59 Å². The molecule has 0 fully saturated rings. The molecule has 0 aliphatic rings. The van der Waals surface area contributed by atoms with Crippen molar-refractivity contribution in [2.45, 2.75) is 22.5 Å². The Labute approximate surface area is 86.2 Å². The lowest BCUT2D eigenvalue weighted by molar-refractivity contribution is -0.139. The third kappa shape index (κ3) is 6.60. The fraction of sp³-hybridized carbons (Fsp3) is 0.667.